The lowest BCUT2D eigenvalue weighted by Crippen LogP contribution is -2.30. The number of esters is 1. The Bertz CT molecular complexity index is 1200. The van der Waals surface area contributed by atoms with E-state index in [2.05, 4.69) is 0 Å². The molecule has 166 valence electrons. The lowest BCUT2D eigenvalue weighted by Gasteiger charge is -2.31. The van der Waals surface area contributed by atoms with E-state index in [1.54, 1.807) is 0 Å². The standard InChI is InChI=1S/C22H18O10/c23-11-6-14(25)12-8-17(28)21(31-18(12)7-11)9-1-2-13(24)19(5-9)32-22(30)10-3-15(26)20(29)16(27)4-10/h1-7,17,21,23-29H,8H2. The Balaban J connectivity index is 1.62. The molecule has 0 radical (unpaired) electrons. The smallest absolute Gasteiger partial charge is 0.343 e. The van der Waals surface area contributed by atoms with Crippen LogP contribution < -0.4 is 9.47 Å². The quantitative estimate of drug-likeness (QED) is 0.181. The fraction of sp³-hybridized carbons (Fsp3) is 0.136. The number of ether oxygens (including phenoxy) is 2. The summed E-state index contributed by atoms with van der Waals surface area (Å²) in [5, 5.41) is 68.8. The van der Waals surface area contributed by atoms with E-state index in [9.17, 15) is 40.5 Å². The van der Waals surface area contributed by atoms with Crippen LogP contribution in [0.5, 0.6) is 46.0 Å². The summed E-state index contributed by atoms with van der Waals surface area (Å²) >= 11 is 0. The van der Waals surface area contributed by atoms with Gasteiger partial charge in [0.1, 0.15) is 23.4 Å². The third-order valence-corrected chi connectivity index (χ3v) is 5.01. The van der Waals surface area contributed by atoms with Crippen LogP contribution in [0.4, 0.5) is 0 Å². The highest BCUT2D eigenvalue weighted by Crippen LogP contribution is 2.43. The van der Waals surface area contributed by atoms with E-state index in [1.807, 2.05) is 0 Å². The molecule has 0 fully saturated rings. The van der Waals surface area contributed by atoms with Crippen molar-refractivity contribution in [3.8, 4) is 46.0 Å². The second kappa shape index (κ2) is 7.75. The van der Waals surface area contributed by atoms with Crippen molar-refractivity contribution in [2.24, 2.45) is 0 Å². The van der Waals surface area contributed by atoms with Crippen molar-refractivity contribution in [2.45, 2.75) is 18.6 Å². The minimum atomic E-state index is -1.10. The summed E-state index contributed by atoms with van der Waals surface area (Å²) < 4.78 is 10.9. The van der Waals surface area contributed by atoms with Crippen LogP contribution >= 0.6 is 0 Å². The molecule has 3 aromatic rings. The van der Waals surface area contributed by atoms with Crippen molar-refractivity contribution in [3.05, 3.63) is 59.2 Å². The van der Waals surface area contributed by atoms with Crippen LogP contribution in [0.25, 0.3) is 0 Å². The first-order valence-electron chi connectivity index (χ1n) is 9.33. The van der Waals surface area contributed by atoms with Crippen LogP contribution in [-0.4, -0.2) is 47.8 Å². The zero-order chi connectivity index (χ0) is 23.2. The molecular formula is C22H18O10. The number of hydrogen-bond donors (Lipinski definition) is 7. The molecular weight excluding hydrogens is 424 g/mol. The topological polar surface area (TPSA) is 177 Å². The van der Waals surface area contributed by atoms with E-state index in [0.29, 0.717) is 11.1 Å². The SMILES string of the molecule is O=C(Oc1cc(C2Oc3cc(O)cc(O)c3CC2O)ccc1O)c1cc(O)c(O)c(O)c1. The van der Waals surface area contributed by atoms with Crippen LogP contribution in [0.1, 0.15) is 27.6 Å². The molecule has 0 amide bonds. The first kappa shape index (κ1) is 20.9. The average molecular weight is 442 g/mol. The second-order valence-electron chi connectivity index (χ2n) is 7.23. The van der Waals surface area contributed by atoms with Crippen LogP contribution in [0.3, 0.4) is 0 Å². The number of fused-ring (bicyclic) bond motifs is 1. The molecule has 2 unspecified atom stereocenters. The maximum absolute atomic E-state index is 12.4. The number of aromatic hydroxyl groups is 6. The summed E-state index contributed by atoms with van der Waals surface area (Å²) in [4.78, 5) is 12.4. The van der Waals surface area contributed by atoms with Gasteiger partial charge < -0.3 is 45.2 Å². The Kier molecular flexibility index (Phi) is 5.07. The number of aliphatic hydroxyl groups excluding tert-OH is 1. The highest BCUT2D eigenvalue weighted by Gasteiger charge is 2.32. The third-order valence-electron chi connectivity index (χ3n) is 5.01. The Labute approximate surface area is 180 Å². The summed E-state index contributed by atoms with van der Waals surface area (Å²) in [7, 11) is 0. The summed E-state index contributed by atoms with van der Waals surface area (Å²) in [5.74, 6) is -4.30. The summed E-state index contributed by atoms with van der Waals surface area (Å²) in [6.45, 7) is 0. The zero-order valence-electron chi connectivity index (χ0n) is 16.3. The number of hydrogen-bond acceptors (Lipinski definition) is 10. The molecule has 2 atom stereocenters. The van der Waals surface area contributed by atoms with Gasteiger partial charge in [-0.2, -0.15) is 0 Å². The van der Waals surface area contributed by atoms with Crippen LogP contribution in [0, 0.1) is 0 Å². The minimum Gasteiger partial charge on any atom is -0.508 e. The molecule has 0 saturated carbocycles. The molecule has 10 nitrogen and oxygen atoms in total. The van der Waals surface area contributed by atoms with Gasteiger partial charge in [-0.1, -0.05) is 6.07 Å². The van der Waals surface area contributed by atoms with Crippen molar-refractivity contribution in [3.63, 3.8) is 0 Å². The minimum absolute atomic E-state index is 0.0220. The largest absolute Gasteiger partial charge is 0.508 e. The number of carbonyl (C=O) groups excluding carboxylic acids is 1. The molecule has 1 heterocycles. The number of phenols is 6. The first-order chi connectivity index (χ1) is 15.1. The fourth-order valence-corrected chi connectivity index (χ4v) is 3.42. The van der Waals surface area contributed by atoms with Crippen LogP contribution in [0.15, 0.2) is 42.5 Å². The molecule has 0 bridgehead atoms. The molecule has 7 N–H and O–H groups in total. The van der Waals surface area contributed by atoms with E-state index in [4.69, 9.17) is 9.47 Å². The van der Waals surface area contributed by atoms with Gasteiger partial charge in [0.2, 0.25) is 0 Å². The van der Waals surface area contributed by atoms with Gasteiger partial charge >= 0.3 is 5.97 Å². The second-order valence-corrected chi connectivity index (χ2v) is 7.23. The molecule has 1 aliphatic rings. The predicted molar refractivity (Wildman–Crippen MR) is 107 cm³/mol. The monoisotopic (exact) mass is 442 g/mol. The van der Waals surface area contributed by atoms with E-state index >= 15 is 0 Å². The molecule has 0 spiro atoms. The van der Waals surface area contributed by atoms with E-state index in [1.165, 1.54) is 24.3 Å². The van der Waals surface area contributed by atoms with Crippen molar-refractivity contribution < 1.29 is 50.0 Å². The Morgan fingerprint density at radius 2 is 1.56 bits per heavy atom. The lowest BCUT2D eigenvalue weighted by molar-refractivity contribution is 0.0196. The van der Waals surface area contributed by atoms with E-state index < -0.39 is 41.2 Å². The Morgan fingerprint density at radius 3 is 2.25 bits per heavy atom. The zero-order valence-corrected chi connectivity index (χ0v) is 16.3. The van der Waals surface area contributed by atoms with Gasteiger partial charge in [0.15, 0.2) is 28.7 Å². The molecule has 10 heteroatoms. The van der Waals surface area contributed by atoms with Crippen LogP contribution in [-0.2, 0) is 6.42 Å². The van der Waals surface area contributed by atoms with Crippen molar-refractivity contribution in [2.75, 3.05) is 0 Å². The van der Waals surface area contributed by atoms with Crippen molar-refractivity contribution >= 4 is 5.97 Å². The summed E-state index contributed by atoms with van der Waals surface area (Å²) in [6.07, 6.45) is -2.05. The van der Waals surface area contributed by atoms with Gasteiger partial charge in [0.25, 0.3) is 0 Å². The maximum Gasteiger partial charge on any atom is 0.343 e. The molecule has 0 saturated heterocycles. The fourth-order valence-electron chi connectivity index (χ4n) is 3.42. The Hall–Kier alpha value is -4.31. The first-order valence-corrected chi connectivity index (χ1v) is 9.33. The molecule has 3 aromatic carbocycles. The third kappa shape index (κ3) is 3.74. The molecule has 1 aliphatic heterocycles. The number of benzene rings is 3. The predicted octanol–water partition coefficient (Wildman–Crippen LogP) is 2.18. The molecule has 0 aliphatic carbocycles. The summed E-state index contributed by atoms with van der Waals surface area (Å²) in [6, 6.07) is 8.09. The summed E-state index contributed by atoms with van der Waals surface area (Å²) in [5.41, 5.74) is 0.350. The highest BCUT2D eigenvalue weighted by atomic mass is 16.5. The van der Waals surface area contributed by atoms with Gasteiger partial charge in [-0.05, 0) is 29.8 Å². The number of rotatable bonds is 3. The van der Waals surface area contributed by atoms with Gasteiger partial charge in [0.05, 0.1) is 11.7 Å². The Morgan fingerprint density at radius 1 is 0.875 bits per heavy atom. The van der Waals surface area contributed by atoms with Gasteiger partial charge in [-0.15, -0.1) is 0 Å². The average Bonchev–Trinajstić information content (AvgIpc) is 2.73. The molecule has 0 aromatic heterocycles. The van der Waals surface area contributed by atoms with E-state index in [-0.39, 0.29) is 35.0 Å². The van der Waals surface area contributed by atoms with Crippen molar-refractivity contribution in [1.82, 2.24) is 0 Å². The van der Waals surface area contributed by atoms with Gasteiger partial charge in [-0.3, -0.25) is 0 Å². The number of phenolic OH excluding ortho intramolecular Hbond substituents is 6. The molecule has 32 heavy (non-hydrogen) atoms. The van der Waals surface area contributed by atoms with E-state index in [0.717, 1.165) is 18.2 Å². The maximum atomic E-state index is 12.4. The lowest BCUT2D eigenvalue weighted by atomic mass is 9.94. The van der Waals surface area contributed by atoms with Crippen LogP contribution in [0.2, 0.25) is 0 Å². The number of carbonyl (C=O) groups is 1. The highest BCUT2D eigenvalue weighted by molar-refractivity contribution is 5.92. The normalized spacial score (nSPS) is 17.3. The molecule has 4 rings (SSSR count). The van der Waals surface area contributed by atoms with Gasteiger partial charge in [-0.25, -0.2) is 4.79 Å². The van der Waals surface area contributed by atoms with Gasteiger partial charge in [0, 0.05) is 24.1 Å². The number of aliphatic hydroxyl groups is 1. The van der Waals surface area contributed by atoms with Crippen molar-refractivity contribution in [1.29, 1.82) is 0 Å².